The fraction of sp³-hybridized carbons (Fsp3) is 0.341. The summed E-state index contributed by atoms with van der Waals surface area (Å²) in [5, 5.41) is 17.2. The standard InChI is InChI=1S/C26H18N3.C15H28O2.Ir/c1-16-7-8-19-13-22-23(14-21(19)11-16)29(2)26-24(22)25(27-15-28-26)20-10-9-17-5-3-4-6-18(17)12-20;1-7-14(5,8-2)12(16)11-13(17)15(6,9-3)10-4;/h3-9,11-15H,1-2H3;11,16H,7-10H2,1-6H3;/q-1;;/b;12-11-;. The van der Waals surface area contributed by atoms with Gasteiger partial charge in [-0.3, -0.25) is 9.78 Å². The first-order valence-electron chi connectivity index (χ1n) is 16.5. The van der Waals surface area contributed by atoms with Crippen molar-refractivity contribution in [1.29, 1.82) is 0 Å². The summed E-state index contributed by atoms with van der Waals surface area (Å²) in [4.78, 5) is 21.5. The van der Waals surface area contributed by atoms with Gasteiger partial charge < -0.3 is 9.67 Å². The summed E-state index contributed by atoms with van der Waals surface area (Å²) >= 11 is 0. The Morgan fingerprint density at radius 1 is 0.851 bits per heavy atom. The Labute approximate surface area is 292 Å². The Balaban J connectivity index is 0.000000242. The number of aromatic nitrogens is 3. The van der Waals surface area contributed by atoms with E-state index in [1.807, 2.05) is 47.6 Å². The molecule has 2 heterocycles. The molecule has 4 aromatic carbocycles. The molecule has 0 amide bonds. The molecule has 6 heteroatoms. The van der Waals surface area contributed by atoms with Gasteiger partial charge in [-0.05, 0) is 55.5 Å². The van der Waals surface area contributed by atoms with E-state index in [0.29, 0.717) is 0 Å². The summed E-state index contributed by atoms with van der Waals surface area (Å²) in [6.45, 7) is 14.2. The van der Waals surface area contributed by atoms with E-state index in [-0.39, 0.29) is 42.5 Å². The van der Waals surface area contributed by atoms with Crippen LogP contribution in [0.1, 0.15) is 72.8 Å². The molecule has 6 aromatic rings. The Kier molecular flexibility index (Phi) is 11.1. The van der Waals surface area contributed by atoms with Gasteiger partial charge in [0.25, 0.3) is 0 Å². The normalized spacial score (nSPS) is 12.3. The molecule has 1 N–H and O–H groups in total. The molecule has 5 nitrogen and oxygen atoms in total. The number of aryl methyl sites for hydroxylation is 2. The SMILES string of the molecule is CCC(C)(CC)C(=O)/C=C(\O)C(C)(CC)CC.Cc1ccc2cc3c4c(-c5[c-]cc6ccccc6c5)ncnc4n(C)c3cc2c1.[Ir]. The number of nitrogens with zero attached hydrogens (tertiary/aromatic N) is 3. The van der Waals surface area contributed by atoms with Crippen LogP contribution in [0.3, 0.4) is 0 Å². The fourth-order valence-corrected chi connectivity index (χ4v) is 6.03. The zero-order valence-corrected chi connectivity index (χ0v) is 31.3. The van der Waals surface area contributed by atoms with Crippen molar-refractivity contribution in [2.45, 2.75) is 74.1 Å². The van der Waals surface area contributed by atoms with Crippen LogP contribution in [-0.2, 0) is 31.9 Å². The first kappa shape index (κ1) is 36.0. The Hall–Kier alpha value is -3.86. The van der Waals surface area contributed by atoms with Crippen molar-refractivity contribution in [2.24, 2.45) is 17.9 Å². The van der Waals surface area contributed by atoms with Crippen LogP contribution >= 0.6 is 0 Å². The third-order valence-corrected chi connectivity index (χ3v) is 10.4. The predicted octanol–water partition coefficient (Wildman–Crippen LogP) is 10.9. The maximum atomic E-state index is 12.2. The molecule has 0 saturated heterocycles. The minimum absolute atomic E-state index is 0. The van der Waals surface area contributed by atoms with Crippen molar-refractivity contribution in [3.8, 4) is 11.3 Å². The molecule has 0 bridgehead atoms. The number of hydrogen-bond donors (Lipinski definition) is 1. The molecular weight excluding hydrogens is 759 g/mol. The minimum Gasteiger partial charge on any atom is -0.512 e. The summed E-state index contributed by atoms with van der Waals surface area (Å²) in [5.74, 6) is 0.286. The molecular formula is C41H46IrN3O2-. The molecule has 0 fully saturated rings. The van der Waals surface area contributed by atoms with Gasteiger partial charge >= 0.3 is 0 Å². The summed E-state index contributed by atoms with van der Waals surface area (Å²) < 4.78 is 2.17. The Morgan fingerprint density at radius 3 is 2.15 bits per heavy atom. The van der Waals surface area contributed by atoms with Crippen LogP contribution in [0, 0.1) is 23.8 Å². The number of carbonyl (C=O) groups excluding carboxylic acids is 1. The average Bonchev–Trinajstić information content (AvgIpc) is 3.36. The van der Waals surface area contributed by atoms with E-state index in [1.54, 1.807) is 6.33 Å². The number of rotatable bonds is 8. The minimum atomic E-state index is -0.337. The number of fused-ring (bicyclic) bond motifs is 5. The topological polar surface area (TPSA) is 68.0 Å². The van der Waals surface area contributed by atoms with E-state index in [2.05, 4.69) is 95.2 Å². The first-order chi connectivity index (χ1) is 22.0. The van der Waals surface area contributed by atoms with E-state index in [4.69, 9.17) is 0 Å². The molecule has 247 valence electrons. The van der Waals surface area contributed by atoms with Crippen LogP contribution in [0.5, 0.6) is 0 Å². The van der Waals surface area contributed by atoms with Crippen LogP contribution in [0.25, 0.3) is 54.7 Å². The van der Waals surface area contributed by atoms with Gasteiger partial charge in [-0.1, -0.05) is 95.0 Å². The molecule has 0 saturated carbocycles. The fourth-order valence-electron chi connectivity index (χ4n) is 6.03. The van der Waals surface area contributed by atoms with Crippen molar-refractivity contribution < 1.29 is 30.0 Å². The second-order valence-corrected chi connectivity index (χ2v) is 13.1. The maximum absolute atomic E-state index is 12.2. The second kappa shape index (κ2) is 14.5. The third kappa shape index (κ3) is 6.91. The summed E-state index contributed by atoms with van der Waals surface area (Å²) in [6, 6.07) is 27.1. The van der Waals surface area contributed by atoms with Gasteiger partial charge in [-0.2, -0.15) is 0 Å². The summed E-state index contributed by atoms with van der Waals surface area (Å²) in [6.07, 6.45) is 6.41. The van der Waals surface area contributed by atoms with E-state index in [1.165, 1.54) is 44.1 Å². The van der Waals surface area contributed by atoms with Gasteiger partial charge in [0.15, 0.2) is 5.78 Å². The summed E-state index contributed by atoms with van der Waals surface area (Å²) in [5.41, 5.74) is 4.69. The second-order valence-electron chi connectivity index (χ2n) is 13.1. The molecule has 6 rings (SSSR count). The molecule has 0 aliphatic heterocycles. The van der Waals surface area contributed by atoms with Gasteiger partial charge in [-0.15, -0.1) is 29.1 Å². The van der Waals surface area contributed by atoms with Crippen LogP contribution < -0.4 is 0 Å². The molecule has 0 spiro atoms. The zero-order valence-electron chi connectivity index (χ0n) is 28.9. The molecule has 0 atom stereocenters. The van der Waals surface area contributed by atoms with Crippen LogP contribution in [0.4, 0.5) is 0 Å². The third-order valence-electron chi connectivity index (χ3n) is 10.4. The number of hydrogen-bond acceptors (Lipinski definition) is 4. The maximum Gasteiger partial charge on any atom is 0.164 e. The van der Waals surface area contributed by atoms with Crippen molar-refractivity contribution in [2.75, 3.05) is 0 Å². The van der Waals surface area contributed by atoms with Crippen molar-refractivity contribution in [3.05, 3.63) is 96.5 Å². The first-order valence-corrected chi connectivity index (χ1v) is 16.5. The number of aliphatic hydroxyl groups excluding tert-OH is 1. The Morgan fingerprint density at radius 2 is 1.49 bits per heavy atom. The van der Waals surface area contributed by atoms with Gasteiger partial charge in [-0.25, -0.2) is 4.98 Å². The van der Waals surface area contributed by atoms with Crippen molar-refractivity contribution in [3.63, 3.8) is 0 Å². The van der Waals surface area contributed by atoms with Gasteiger partial charge in [0, 0.05) is 66.0 Å². The van der Waals surface area contributed by atoms with E-state index in [0.717, 1.165) is 48.0 Å². The monoisotopic (exact) mass is 805 g/mol. The van der Waals surface area contributed by atoms with E-state index < -0.39 is 0 Å². The van der Waals surface area contributed by atoms with Gasteiger partial charge in [0.05, 0.1) is 0 Å². The number of carbonyl (C=O) groups is 1. The van der Waals surface area contributed by atoms with E-state index in [9.17, 15) is 9.90 Å². The molecule has 2 aromatic heterocycles. The van der Waals surface area contributed by atoms with E-state index >= 15 is 0 Å². The van der Waals surface area contributed by atoms with Crippen molar-refractivity contribution in [1.82, 2.24) is 14.5 Å². The van der Waals surface area contributed by atoms with Crippen LogP contribution in [0.2, 0.25) is 0 Å². The zero-order chi connectivity index (χ0) is 33.2. The molecule has 0 unspecified atom stereocenters. The summed E-state index contributed by atoms with van der Waals surface area (Å²) in [7, 11) is 2.08. The number of benzene rings is 4. The largest absolute Gasteiger partial charge is 0.512 e. The molecule has 0 aliphatic carbocycles. The molecule has 0 aliphatic rings. The van der Waals surface area contributed by atoms with Gasteiger partial charge in [0.1, 0.15) is 17.7 Å². The smallest absolute Gasteiger partial charge is 0.164 e. The van der Waals surface area contributed by atoms with Gasteiger partial charge in [0.2, 0.25) is 0 Å². The number of allylic oxidation sites excluding steroid dienone is 2. The predicted molar refractivity (Wildman–Crippen MR) is 193 cm³/mol. The number of ketones is 1. The quantitative estimate of drug-likeness (QED) is 0.0945. The number of aliphatic hydroxyl groups is 1. The van der Waals surface area contributed by atoms with Crippen LogP contribution in [-0.4, -0.2) is 25.4 Å². The molecule has 47 heavy (non-hydrogen) atoms. The average molecular weight is 805 g/mol. The van der Waals surface area contributed by atoms with Crippen molar-refractivity contribution >= 4 is 49.3 Å². The van der Waals surface area contributed by atoms with Crippen LogP contribution in [0.15, 0.2) is 84.9 Å². The molecule has 1 radical (unpaired) electrons. The Bertz CT molecular complexity index is 2080.